The van der Waals surface area contributed by atoms with E-state index in [0.29, 0.717) is 17.0 Å². The number of aliphatic hydroxyl groups is 1. The highest BCUT2D eigenvalue weighted by Crippen LogP contribution is 2.24. The zero-order valence-electron chi connectivity index (χ0n) is 18.1. The molecule has 9 heteroatoms. The largest absolute Gasteiger partial charge is 0.398 e. The van der Waals surface area contributed by atoms with Crippen LogP contribution in [0.2, 0.25) is 0 Å². The van der Waals surface area contributed by atoms with Gasteiger partial charge in [0.15, 0.2) is 0 Å². The first-order valence-corrected chi connectivity index (χ1v) is 9.90. The molecular formula is C22H27FN6O2. The maximum atomic E-state index is 13.8. The second kappa shape index (κ2) is 10.00. The standard InChI is InChI=1S/C19H19FN6O2.C3H8/c1-19(2,28)17(20)10-24-18(27)13-9-23-15(6-14(13)22)16-4-3-12-5-11(7-21)8-25-26(12)16;1-3-2/h3-6,8-9,17,28H,10H2,1-2H3,(H2,22,23)(H,24,27);3H2,1-2H3. The van der Waals surface area contributed by atoms with Crippen LogP contribution >= 0.6 is 0 Å². The fourth-order valence-electron chi connectivity index (χ4n) is 2.58. The van der Waals surface area contributed by atoms with Crippen molar-refractivity contribution in [3.8, 4) is 17.5 Å². The Balaban J connectivity index is 0.00000107. The second-order valence-electron chi connectivity index (χ2n) is 7.61. The SMILES string of the molecule is CC(C)(O)C(F)CNC(=O)c1cnc(-c2ccc3cc(C#N)cnn23)cc1N.CCC. The van der Waals surface area contributed by atoms with Crippen LogP contribution < -0.4 is 11.1 Å². The molecule has 0 bridgehead atoms. The summed E-state index contributed by atoms with van der Waals surface area (Å²) < 4.78 is 15.4. The first-order chi connectivity index (χ1) is 14.6. The van der Waals surface area contributed by atoms with Crippen LogP contribution in [0, 0.1) is 11.3 Å². The molecule has 31 heavy (non-hydrogen) atoms. The third-order valence-electron chi connectivity index (χ3n) is 4.28. The first-order valence-electron chi connectivity index (χ1n) is 9.90. The molecule has 0 spiro atoms. The molecule has 8 nitrogen and oxygen atoms in total. The molecule has 1 atom stereocenters. The number of carbonyl (C=O) groups is 1. The van der Waals surface area contributed by atoms with E-state index < -0.39 is 17.7 Å². The summed E-state index contributed by atoms with van der Waals surface area (Å²) in [6.07, 6.45) is 2.37. The van der Waals surface area contributed by atoms with Crippen molar-refractivity contribution in [1.82, 2.24) is 19.9 Å². The molecule has 1 unspecified atom stereocenters. The lowest BCUT2D eigenvalue weighted by atomic mass is 10.0. The molecule has 164 valence electrons. The smallest absolute Gasteiger partial charge is 0.255 e. The molecule has 0 radical (unpaired) electrons. The van der Waals surface area contributed by atoms with E-state index >= 15 is 0 Å². The lowest BCUT2D eigenvalue weighted by Gasteiger charge is -2.22. The van der Waals surface area contributed by atoms with Gasteiger partial charge in [-0.25, -0.2) is 8.91 Å². The number of alkyl halides is 1. The minimum atomic E-state index is -1.62. The zero-order chi connectivity index (χ0) is 23.2. The molecule has 3 heterocycles. The van der Waals surface area contributed by atoms with Crippen molar-refractivity contribution in [3.63, 3.8) is 0 Å². The van der Waals surface area contributed by atoms with Crippen LogP contribution in [0.25, 0.3) is 16.9 Å². The summed E-state index contributed by atoms with van der Waals surface area (Å²) in [4.78, 5) is 16.5. The molecule has 4 N–H and O–H groups in total. The molecule has 0 aliphatic heterocycles. The van der Waals surface area contributed by atoms with Crippen molar-refractivity contribution in [1.29, 1.82) is 5.26 Å². The van der Waals surface area contributed by atoms with Crippen molar-refractivity contribution in [3.05, 3.63) is 47.8 Å². The Hall–Kier alpha value is -3.51. The van der Waals surface area contributed by atoms with Gasteiger partial charge in [0.25, 0.3) is 5.91 Å². The molecule has 0 saturated carbocycles. The van der Waals surface area contributed by atoms with E-state index in [-0.39, 0.29) is 17.8 Å². The van der Waals surface area contributed by atoms with Gasteiger partial charge < -0.3 is 16.2 Å². The minimum absolute atomic E-state index is 0.104. The van der Waals surface area contributed by atoms with Gasteiger partial charge in [-0.3, -0.25) is 9.78 Å². The molecule has 0 aliphatic rings. The van der Waals surface area contributed by atoms with E-state index in [0.717, 1.165) is 5.52 Å². The average molecular weight is 426 g/mol. The summed E-state index contributed by atoms with van der Waals surface area (Å²) in [6, 6.07) is 8.82. The van der Waals surface area contributed by atoms with Gasteiger partial charge >= 0.3 is 0 Å². The number of hydrogen-bond acceptors (Lipinski definition) is 6. The number of nitrogens with two attached hydrogens (primary N) is 1. The van der Waals surface area contributed by atoms with E-state index in [1.807, 2.05) is 6.07 Å². The van der Waals surface area contributed by atoms with Gasteiger partial charge in [0.1, 0.15) is 12.2 Å². The monoisotopic (exact) mass is 426 g/mol. The van der Waals surface area contributed by atoms with E-state index in [1.165, 1.54) is 38.7 Å². The Morgan fingerprint density at radius 3 is 2.61 bits per heavy atom. The number of rotatable bonds is 5. The van der Waals surface area contributed by atoms with Crippen molar-refractivity contribution in [2.24, 2.45) is 0 Å². The number of halogens is 1. The van der Waals surface area contributed by atoms with Crippen LogP contribution in [-0.2, 0) is 0 Å². The molecule has 1 amide bonds. The third-order valence-corrected chi connectivity index (χ3v) is 4.28. The number of aromatic nitrogens is 3. The van der Waals surface area contributed by atoms with E-state index in [4.69, 9.17) is 11.0 Å². The second-order valence-corrected chi connectivity index (χ2v) is 7.61. The van der Waals surface area contributed by atoms with Crippen molar-refractivity contribution >= 4 is 17.1 Å². The van der Waals surface area contributed by atoms with Gasteiger partial charge in [0.2, 0.25) is 0 Å². The minimum Gasteiger partial charge on any atom is -0.398 e. The number of nitrogens with zero attached hydrogens (tertiary/aromatic N) is 4. The quantitative estimate of drug-likeness (QED) is 0.575. The highest BCUT2D eigenvalue weighted by molar-refractivity contribution is 5.99. The molecule has 3 aromatic heterocycles. The summed E-state index contributed by atoms with van der Waals surface area (Å²) in [5.41, 5.74) is 7.00. The highest BCUT2D eigenvalue weighted by Gasteiger charge is 2.27. The number of hydrogen-bond donors (Lipinski definition) is 3. The van der Waals surface area contributed by atoms with Crippen LogP contribution in [0.1, 0.15) is 50.0 Å². The number of fused-ring (bicyclic) bond motifs is 1. The van der Waals surface area contributed by atoms with Gasteiger partial charge in [-0.05, 0) is 38.1 Å². The molecule has 0 aromatic carbocycles. The summed E-state index contributed by atoms with van der Waals surface area (Å²) >= 11 is 0. The molecule has 3 rings (SSSR count). The first kappa shape index (κ1) is 23.8. The molecule has 0 aliphatic carbocycles. The van der Waals surface area contributed by atoms with Gasteiger partial charge in [-0.15, -0.1) is 0 Å². The summed E-state index contributed by atoms with van der Waals surface area (Å²) in [5, 5.41) is 25.2. The van der Waals surface area contributed by atoms with Crippen molar-refractivity contribution in [2.45, 2.75) is 45.9 Å². The van der Waals surface area contributed by atoms with E-state index in [9.17, 15) is 14.3 Å². The van der Waals surface area contributed by atoms with Crippen LogP contribution in [-0.4, -0.2) is 43.9 Å². The van der Waals surface area contributed by atoms with Gasteiger partial charge in [-0.2, -0.15) is 10.4 Å². The predicted molar refractivity (Wildman–Crippen MR) is 117 cm³/mol. The third kappa shape index (κ3) is 5.77. The van der Waals surface area contributed by atoms with E-state index in [2.05, 4.69) is 29.2 Å². The molecule has 3 aromatic rings. The van der Waals surface area contributed by atoms with Gasteiger partial charge in [0, 0.05) is 11.9 Å². The van der Waals surface area contributed by atoms with Crippen LogP contribution in [0.4, 0.5) is 10.1 Å². The van der Waals surface area contributed by atoms with E-state index in [1.54, 1.807) is 22.7 Å². The predicted octanol–water partition coefficient (Wildman–Crippen LogP) is 3.11. The van der Waals surface area contributed by atoms with Gasteiger partial charge in [0.05, 0.1) is 46.4 Å². The van der Waals surface area contributed by atoms with Crippen molar-refractivity contribution < 1.29 is 14.3 Å². The Morgan fingerprint density at radius 1 is 1.35 bits per heavy atom. The Morgan fingerprint density at radius 2 is 2.03 bits per heavy atom. The fourth-order valence-corrected chi connectivity index (χ4v) is 2.58. The number of nitrogens with one attached hydrogen (secondary N) is 1. The highest BCUT2D eigenvalue weighted by atomic mass is 19.1. The van der Waals surface area contributed by atoms with Gasteiger partial charge in [-0.1, -0.05) is 20.3 Å². The molecule has 0 saturated heterocycles. The fraction of sp³-hybridized carbons (Fsp3) is 0.364. The number of nitriles is 1. The number of carbonyl (C=O) groups excluding carboxylic acids is 1. The summed E-state index contributed by atoms with van der Waals surface area (Å²) in [6.45, 7) is 6.55. The molecular weight excluding hydrogens is 399 g/mol. The Bertz CT molecular complexity index is 1100. The molecule has 0 fully saturated rings. The van der Waals surface area contributed by atoms with Crippen LogP contribution in [0.15, 0.2) is 36.7 Å². The zero-order valence-corrected chi connectivity index (χ0v) is 18.1. The van der Waals surface area contributed by atoms with Crippen molar-refractivity contribution in [2.75, 3.05) is 12.3 Å². The maximum absolute atomic E-state index is 13.8. The number of pyridine rings is 1. The topological polar surface area (TPSA) is 129 Å². The summed E-state index contributed by atoms with van der Waals surface area (Å²) in [7, 11) is 0. The summed E-state index contributed by atoms with van der Waals surface area (Å²) in [5.74, 6) is -0.583. The van der Waals surface area contributed by atoms with Crippen LogP contribution in [0.5, 0.6) is 0 Å². The maximum Gasteiger partial charge on any atom is 0.255 e. The number of nitrogen functional groups attached to an aromatic ring is 1. The Kier molecular flexibility index (Phi) is 7.67. The van der Waals surface area contributed by atoms with Crippen LogP contribution in [0.3, 0.4) is 0 Å². The normalized spacial score (nSPS) is 11.9. The average Bonchev–Trinajstić information content (AvgIpc) is 3.14. The number of anilines is 1. The lowest BCUT2D eigenvalue weighted by molar-refractivity contribution is -0.00177. The lowest BCUT2D eigenvalue weighted by Crippen LogP contribution is -2.42. The Labute approximate surface area is 180 Å². The number of amides is 1.